The first kappa shape index (κ1) is 21.0. The zero-order chi connectivity index (χ0) is 22.6. The van der Waals surface area contributed by atoms with Gasteiger partial charge in [-0.05, 0) is 53.0 Å². The first-order valence-corrected chi connectivity index (χ1v) is 11.6. The molecule has 1 aliphatic heterocycles. The number of aromatic nitrogens is 1. The number of anilines is 1. The molecule has 0 spiro atoms. The van der Waals surface area contributed by atoms with E-state index in [4.69, 9.17) is 11.6 Å². The molecular formula is C24H21ClFN3O2S. The number of rotatable bonds is 4. The van der Waals surface area contributed by atoms with Crippen LogP contribution in [0.15, 0.2) is 42.5 Å². The number of amides is 1. The molecule has 5 rings (SSSR count). The molecule has 3 aromatic carbocycles. The molecule has 2 N–H and O–H groups in total. The quantitative estimate of drug-likeness (QED) is 0.401. The Morgan fingerprint density at radius 3 is 2.84 bits per heavy atom. The Bertz CT molecular complexity index is 1370. The van der Waals surface area contributed by atoms with Crippen molar-refractivity contribution < 1.29 is 14.3 Å². The number of fused-ring (bicyclic) bond motifs is 2. The Hall–Kier alpha value is -2.90. The number of carbonyl (C=O) groups is 1. The van der Waals surface area contributed by atoms with Crippen LogP contribution < -0.4 is 10.2 Å². The number of nitrogens with one attached hydrogen (secondary N) is 1. The van der Waals surface area contributed by atoms with Gasteiger partial charge in [-0.15, -0.1) is 0 Å². The molecule has 1 aromatic heterocycles. The minimum absolute atomic E-state index is 0.0210. The molecule has 8 heteroatoms. The van der Waals surface area contributed by atoms with Crippen molar-refractivity contribution in [1.82, 2.24) is 9.69 Å². The van der Waals surface area contributed by atoms with E-state index in [0.717, 1.165) is 15.8 Å². The molecule has 0 saturated carbocycles. The standard InChI is InChI=1S/C24H21ClFN3O2S/c1-3-20(31)27-19-11-29(12(19)2)24-17-10-18(25)21(22(26)23(17)28-32-24)16-9-14(30)8-13-6-4-5-7-15(13)16/h4-10,12,19,30H,3,11H2,1-2H3,(H,27,31)/t12-,19+/m1/s1. The van der Waals surface area contributed by atoms with Gasteiger partial charge in [0, 0.05) is 30.0 Å². The molecule has 1 aliphatic rings. The summed E-state index contributed by atoms with van der Waals surface area (Å²) in [5.41, 5.74) is 1.01. The third-order valence-corrected chi connectivity index (χ3v) is 7.36. The number of phenolic OH excluding ortho intramolecular Hbond substituents is 1. The number of hydrogen-bond acceptors (Lipinski definition) is 5. The van der Waals surface area contributed by atoms with Crippen LogP contribution in [0.5, 0.6) is 5.75 Å². The molecule has 0 bridgehead atoms. The van der Waals surface area contributed by atoms with E-state index in [2.05, 4.69) is 14.6 Å². The number of aromatic hydroxyl groups is 1. The number of benzene rings is 3. The predicted octanol–water partition coefficient (Wildman–Crippen LogP) is 5.72. The molecular weight excluding hydrogens is 449 g/mol. The predicted molar refractivity (Wildman–Crippen MR) is 128 cm³/mol. The van der Waals surface area contributed by atoms with Crippen LogP contribution >= 0.6 is 23.1 Å². The normalized spacial score (nSPS) is 18.2. The number of carbonyl (C=O) groups excluding carboxylic acids is 1. The van der Waals surface area contributed by atoms with E-state index in [1.807, 2.05) is 38.1 Å². The van der Waals surface area contributed by atoms with Crippen molar-refractivity contribution in [1.29, 1.82) is 0 Å². The smallest absolute Gasteiger partial charge is 0.220 e. The van der Waals surface area contributed by atoms with E-state index in [1.54, 1.807) is 12.1 Å². The van der Waals surface area contributed by atoms with Crippen molar-refractivity contribution in [2.45, 2.75) is 32.4 Å². The van der Waals surface area contributed by atoms with Crippen molar-refractivity contribution in [3.63, 3.8) is 0 Å². The number of nitrogens with zero attached hydrogens (tertiary/aromatic N) is 2. The second-order valence-corrected chi connectivity index (χ2v) is 9.23. The van der Waals surface area contributed by atoms with Crippen LogP contribution in [-0.2, 0) is 4.79 Å². The summed E-state index contributed by atoms with van der Waals surface area (Å²) < 4.78 is 20.2. The lowest BCUT2D eigenvalue weighted by atomic mass is 9.95. The molecule has 0 aliphatic carbocycles. The molecule has 0 unspecified atom stereocenters. The van der Waals surface area contributed by atoms with Gasteiger partial charge in [0.05, 0.1) is 11.1 Å². The highest BCUT2D eigenvalue weighted by Crippen LogP contribution is 2.45. The van der Waals surface area contributed by atoms with Crippen molar-refractivity contribution >= 4 is 55.7 Å². The Balaban J connectivity index is 1.58. The fourth-order valence-electron chi connectivity index (χ4n) is 4.31. The van der Waals surface area contributed by atoms with Gasteiger partial charge in [-0.3, -0.25) is 4.79 Å². The number of phenols is 1. The molecule has 5 nitrogen and oxygen atoms in total. The first-order chi connectivity index (χ1) is 15.4. The Labute approximate surface area is 193 Å². The molecule has 2 heterocycles. The van der Waals surface area contributed by atoms with Gasteiger partial charge in [0.25, 0.3) is 0 Å². The van der Waals surface area contributed by atoms with Crippen molar-refractivity contribution in [3.05, 3.63) is 53.3 Å². The lowest BCUT2D eigenvalue weighted by Gasteiger charge is -2.47. The van der Waals surface area contributed by atoms with Gasteiger partial charge < -0.3 is 15.3 Å². The lowest BCUT2D eigenvalue weighted by molar-refractivity contribution is -0.121. The summed E-state index contributed by atoms with van der Waals surface area (Å²) in [4.78, 5) is 13.8. The van der Waals surface area contributed by atoms with Crippen LogP contribution in [-0.4, -0.2) is 34.0 Å². The third-order valence-electron chi connectivity index (χ3n) is 6.16. The van der Waals surface area contributed by atoms with E-state index >= 15 is 4.39 Å². The molecule has 1 fully saturated rings. The average Bonchev–Trinajstić information content (AvgIpc) is 3.18. The van der Waals surface area contributed by atoms with Crippen LogP contribution in [0.3, 0.4) is 0 Å². The Kier molecular flexibility index (Phi) is 5.18. The van der Waals surface area contributed by atoms with Gasteiger partial charge in [0.2, 0.25) is 5.91 Å². The van der Waals surface area contributed by atoms with E-state index in [0.29, 0.717) is 23.9 Å². The van der Waals surface area contributed by atoms with Gasteiger partial charge in [-0.2, -0.15) is 4.37 Å². The molecule has 32 heavy (non-hydrogen) atoms. The zero-order valence-corrected chi connectivity index (χ0v) is 19.1. The summed E-state index contributed by atoms with van der Waals surface area (Å²) >= 11 is 7.85. The summed E-state index contributed by atoms with van der Waals surface area (Å²) in [5.74, 6) is -0.440. The van der Waals surface area contributed by atoms with Crippen LogP contribution in [0.2, 0.25) is 5.02 Å². The van der Waals surface area contributed by atoms with Gasteiger partial charge in [-0.1, -0.05) is 42.8 Å². The van der Waals surface area contributed by atoms with Crippen LogP contribution in [0, 0.1) is 5.82 Å². The maximum Gasteiger partial charge on any atom is 0.220 e. The second kappa shape index (κ2) is 7.90. The van der Waals surface area contributed by atoms with Crippen LogP contribution in [0.25, 0.3) is 32.8 Å². The summed E-state index contributed by atoms with van der Waals surface area (Å²) in [7, 11) is 0. The fourth-order valence-corrected chi connectivity index (χ4v) is 5.56. The van der Waals surface area contributed by atoms with E-state index in [-0.39, 0.29) is 39.8 Å². The van der Waals surface area contributed by atoms with Crippen LogP contribution in [0.4, 0.5) is 9.39 Å². The minimum Gasteiger partial charge on any atom is -0.508 e. The topological polar surface area (TPSA) is 65.5 Å². The highest BCUT2D eigenvalue weighted by atomic mass is 35.5. The van der Waals surface area contributed by atoms with E-state index < -0.39 is 5.82 Å². The van der Waals surface area contributed by atoms with E-state index in [1.165, 1.54) is 17.6 Å². The summed E-state index contributed by atoms with van der Waals surface area (Å²) in [5, 5.41) is 16.6. The summed E-state index contributed by atoms with van der Waals surface area (Å²) in [6.07, 6.45) is 0.444. The molecule has 1 saturated heterocycles. The first-order valence-electron chi connectivity index (χ1n) is 10.4. The van der Waals surface area contributed by atoms with Gasteiger partial charge in [-0.25, -0.2) is 4.39 Å². The van der Waals surface area contributed by atoms with Crippen molar-refractivity contribution in [2.24, 2.45) is 0 Å². The summed E-state index contributed by atoms with van der Waals surface area (Å²) in [6.45, 7) is 4.49. The monoisotopic (exact) mass is 469 g/mol. The minimum atomic E-state index is -0.505. The largest absolute Gasteiger partial charge is 0.508 e. The number of halogens is 2. The highest BCUT2D eigenvalue weighted by Gasteiger charge is 2.38. The SMILES string of the molecule is CCC(=O)N[C@H]1CN(c2snc3c(F)c(-c4cc(O)cc5ccccc45)c(Cl)cc23)[C@@H]1C. The fraction of sp³-hybridized carbons (Fsp3) is 0.250. The van der Waals surface area contributed by atoms with Gasteiger partial charge >= 0.3 is 0 Å². The number of hydrogen-bond donors (Lipinski definition) is 2. The average molecular weight is 470 g/mol. The van der Waals surface area contributed by atoms with Crippen molar-refractivity contribution in [3.8, 4) is 16.9 Å². The summed E-state index contributed by atoms with van der Waals surface area (Å²) in [6, 6.07) is 12.5. The molecule has 0 radical (unpaired) electrons. The molecule has 2 atom stereocenters. The lowest BCUT2D eigenvalue weighted by Crippen LogP contribution is -2.65. The molecule has 164 valence electrons. The molecule has 1 amide bonds. The second-order valence-electron chi connectivity index (χ2n) is 8.07. The maximum atomic E-state index is 15.8. The zero-order valence-electron chi connectivity index (χ0n) is 17.5. The van der Waals surface area contributed by atoms with Crippen LogP contribution in [0.1, 0.15) is 20.3 Å². The van der Waals surface area contributed by atoms with Gasteiger partial charge in [0.15, 0.2) is 5.82 Å². The highest BCUT2D eigenvalue weighted by molar-refractivity contribution is 7.11. The van der Waals surface area contributed by atoms with Gasteiger partial charge in [0.1, 0.15) is 16.3 Å². The Morgan fingerprint density at radius 2 is 2.09 bits per heavy atom. The van der Waals surface area contributed by atoms with Crippen molar-refractivity contribution in [2.75, 3.05) is 11.4 Å². The third kappa shape index (κ3) is 3.27. The maximum absolute atomic E-state index is 15.8. The molecule has 4 aromatic rings. The van der Waals surface area contributed by atoms with E-state index in [9.17, 15) is 9.90 Å². The Morgan fingerprint density at radius 1 is 1.31 bits per heavy atom.